The van der Waals surface area contributed by atoms with Gasteiger partial charge in [-0.15, -0.1) is 0 Å². The van der Waals surface area contributed by atoms with Crippen LogP contribution in [0.25, 0.3) is 0 Å². The van der Waals surface area contributed by atoms with E-state index < -0.39 is 17.9 Å². The molecule has 6 heteroatoms. The maximum Gasteiger partial charge on any atom is 0.331 e. The lowest BCUT2D eigenvalue weighted by atomic mass is 10.1. The van der Waals surface area contributed by atoms with Crippen molar-refractivity contribution in [2.75, 3.05) is 0 Å². The number of amides is 3. The topological polar surface area (TPSA) is 95.5 Å². The molecule has 3 N–H and O–H groups in total. The van der Waals surface area contributed by atoms with E-state index in [4.69, 9.17) is 5.11 Å². The average Bonchev–Trinajstić information content (AvgIpc) is 2.33. The number of carboxylic acid groups (broad SMARTS) is 1. The minimum atomic E-state index is -1.18. The fraction of sp³-hybridized carbons (Fsp3) is 0.615. The van der Waals surface area contributed by atoms with E-state index in [1.165, 1.54) is 13.8 Å². The van der Waals surface area contributed by atoms with E-state index in [2.05, 4.69) is 17.6 Å². The maximum absolute atomic E-state index is 11.6. The minimum Gasteiger partial charge on any atom is -0.478 e. The summed E-state index contributed by atoms with van der Waals surface area (Å²) in [6.45, 7) is 6.59. The van der Waals surface area contributed by atoms with Crippen LogP contribution in [0.1, 0.15) is 47.0 Å². The van der Waals surface area contributed by atoms with E-state index in [0.717, 1.165) is 19.3 Å². The zero-order valence-corrected chi connectivity index (χ0v) is 11.9. The lowest BCUT2D eigenvalue weighted by Crippen LogP contribution is -2.44. The zero-order valence-electron chi connectivity index (χ0n) is 11.9. The van der Waals surface area contributed by atoms with Gasteiger partial charge in [0.2, 0.25) is 0 Å². The zero-order chi connectivity index (χ0) is 15.0. The van der Waals surface area contributed by atoms with Gasteiger partial charge in [0.25, 0.3) is 5.91 Å². The lowest BCUT2D eigenvalue weighted by molar-refractivity contribution is -0.133. The molecular formula is C13H22N2O4. The van der Waals surface area contributed by atoms with Crippen molar-refractivity contribution < 1.29 is 19.5 Å². The van der Waals surface area contributed by atoms with Gasteiger partial charge < -0.3 is 10.4 Å². The SMILES string of the molecule is CCCCC(C)NC(=O)NC(=O)C(C)=C(C)C(=O)O. The van der Waals surface area contributed by atoms with Crippen LogP contribution in [0.4, 0.5) is 4.79 Å². The highest BCUT2D eigenvalue weighted by molar-refractivity contribution is 6.07. The summed E-state index contributed by atoms with van der Waals surface area (Å²) >= 11 is 0. The van der Waals surface area contributed by atoms with Gasteiger partial charge in [-0.2, -0.15) is 0 Å². The number of hydrogen-bond donors (Lipinski definition) is 3. The van der Waals surface area contributed by atoms with Gasteiger partial charge in [0.1, 0.15) is 0 Å². The van der Waals surface area contributed by atoms with Crippen LogP contribution in [0.5, 0.6) is 0 Å². The summed E-state index contributed by atoms with van der Waals surface area (Å²) in [5, 5.41) is 13.5. The molecule has 0 radical (unpaired) electrons. The molecule has 0 aromatic heterocycles. The number of carbonyl (C=O) groups is 3. The quantitative estimate of drug-likeness (QED) is 0.641. The van der Waals surface area contributed by atoms with Crippen molar-refractivity contribution in [1.82, 2.24) is 10.6 Å². The third kappa shape index (κ3) is 6.59. The molecule has 108 valence electrons. The molecule has 0 spiro atoms. The molecule has 0 saturated carbocycles. The fourth-order valence-electron chi connectivity index (χ4n) is 1.37. The number of imide groups is 1. The highest BCUT2D eigenvalue weighted by atomic mass is 16.4. The predicted molar refractivity (Wildman–Crippen MR) is 71.7 cm³/mol. The van der Waals surface area contributed by atoms with Crippen molar-refractivity contribution in [2.45, 2.75) is 53.0 Å². The first-order valence-electron chi connectivity index (χ1n) is 6.32. The van der Waals surface area contributed by atoms with E-state index in [1.54, 1.807) is 0 Å². The molecule has 0 saturated heterocycles. The highest BCUT2D eigenvalue weighted by Crippen LogP contribution is 2.03. The van der Waals surface area contributed by atoms with E-state index in [0.29, 0.717) is 0 Å². The summed E-state index contributed by atoms with van der Waals surface area (Å²) in [5.74, 6) is -1.87. The molecule has 0 fully saturated rings. The highest BCUT2D eigenvalue weighted by Gasteiger charge is 2.16. The summed E-state index contributed by atoms with van der Waals surface area (Å²) in [6.07, 6.45) is 2.86. The Morgan fingerprint density at radius 3 is 2.21 bits per heavy atom. The number of urea groups is 1. The predicted octanol–water partition coefficient (Wildman–Crippen LogP) is 1.81. The third-order valence-corrected chi connectivity index (χ3v) is 2.82. The van der Waals surface area contributed by atoms with E-state index in [1.807, 2.05) is 6.92 Å². The van der Waals surface area contributed by atoms with Gasteiger partial charge in [0.15, 0.2) is 0 Å². The smallest absolute Gasteiger partial charge is 0.331 e. The first-order valence-corrected chi connectivity index (χ1v) is 6.32. The van der Waals surface area contributed by atoms with Gasteiger partial charge in [0.05, 0.1) is 0 Å². The summed E-state index contributed by atoms with van der Waals surface area (Å²) < 4.78 is 0. The van der Waals surface area contributed by atoms with Gasteiger partial charge in [-0.25, -0.2) is 9.59 Å². The van der Waals surface area contributed by atoms with Gasteiger partial charge >= 0.3 is 12.0 Å². The Labute approximate surface area is 113 Å². The van der Waals surface area contributed by atoms with Crippen molar-refractivity contribution in [3.63, 3.8) is 0 Å². The monoisotopic (exact) mass is 270 g/mol. The normalized spacial score (nSPS) is 13.3. The molecule has 0 aliphatic carbocycles. The maximum atomic E-state index is 11.6. The molecule has 19 heavy (non-hydrogen) atoms. The van der Waals surface area contributed by atoms with Gasteiger partial charge in [0, 0.05) is 17.2 Å². The van der Waals surface area contributed by atoms with E-state index in [-0.39, 0.29) is 17.2 Å². The summed E-state index contributed by atoms with van der Waals surface area (Å²) in [7, 11) is 0. The first kappa shape index (κ1) is 17.2. The molecule has 6 nitrogen and oxygen atoms in total. The van der Waals surface area contributed by atoms with Crippen molar-refractivity contribution >= 4 is 17.9 Å². The van der Waals surface area contributed by atoms with E-state index >= 15 is 0 Å². The Morgan fingerprint density at radius 1 is 1.16 bits per heavy atom. The Morgan fingerprint density at radius 2 is 1.74 bits per heavy atom. The molecule has 0 heterocycles. The molecule has 0 aromatic rings. The van der Waals surface area contributed by atoms with Crippen LogP contribution in [-0.2, 0) is 9.59 Å². The van der Waals surface area contributed by atoms with Gasteiger partial charge in [-0.05, 0) is 27.2 Å². The van der Waals surface area contributed by atoms with Crippen molar-refractivity contribution in [1.29, 1.82) is 0 Å². The van der Waals surface area contributed by atoms with Crippen LogP contribution in [0.2, 0.25) is 0 Å². The van der Waals surface area contributed by atoms with Crippen LogP contribution >= 0.6 is 0 Å². The van der Waals surface area contributed by atoms with Crippen LogP contribution in [0.15, 0.2) is 11.1 Å². The number of rotatable bonds is 6. The molecular weight excluding hydrogens is 248 g/mol. The molecule has 0 aliphatic rings. The molecule has 1 unspecified atom stereocenters. The van der Waals surface area contributed by atoms with Crippen molar-refractivity contribution in [3.05, 3.63) is 11.1 Å². The lowest BCUT2D eigenvalue weighted by Gasteiger charge is -2.14. The summed E-state index contributed by atoms with van der Waals surface area (Å²) in [5.41, 5.74) is -0.0619. The third-order valence-electron chi connectivity index (χ3n) is 2.82. The number of nitrogens with one attached hydrogen (secondary N) is 2. The first-order chi connectivity index (χ1) is 8.79. The molecule has 0 bridgehead atoms. The Balaban J connectivity index is 4.38. The average molecular weight is 270 g/mol. The second-order valence-electron chi connectivity index (χ2n) is 4.53. The number of carbonyl (C=O) groups excluding carboxylic acids is 2. The molecule has 0 aliphatic heterocycles. The number of aliphatic carboxylic acids is 1. The molecule has 0 aromatic carbocycles. The minimum absolute atomic E-state index is 0.0175. The number of unbranched alkanes of at least 4 members (excludes halogenated alkanes) is 1. The molecule has 1 atom stereocenters. The van der Waals surface area contributed by atoms with Gasteiger partial charge in [-0.1, -0.05) is 19.8 Å². The number of hydrogen-bond acceptors (Lipinski definition) is 3. The molecule has 0 rings (SSSR count). The summed E-state index contributed by atoms with van der Waals surface area (Å²) in [6, 6.07) is -0.635. The van der Waals surface area contributed by atoms with Crippen LogP contribution in [0.3, 0.4) is 0 Å². The number of carboxylic acids is 1. The van der Waals surface area contributed by atoms with Crippen molar-refractivity contribution in [2.24, 2.45) is 0 Å². The Hall–Kier alpha value is -1.85. The standard InChI is InChI=1S/C13H22N2O4/c1-5-6-7-8(2)14-13(19)15-11(16)9(3)10(4)12(17)18/h8H,5-7H2,1-4H3,(H,17,18)(H2,14,15,16,19). The summed E-state index contributed by atoms with van der Waals surface area (Å²) in [4.78, 5) is 33.8. The van der Waals surface area contributed by atoms with Crippen LogP contribution in [0, 0.1) is 0 Å². The van der Waals surface area contributed by atoms with Crippen LogP contribution < -0.4 is 10.6 Å². The van der Waals surface area contributed by atoms with Crippen LogP contribution in [-0.4, -0.2) is 29.1 Å². The van der Waals surface area contributed by atoms with E-state index in [9.17, 15) is 14.4 Å². The van der Waals surface area contributed by atoms with Gasteiger partial charge in [-0.3, -0.25) is 10.1 Å². The Kier molecular flexibility index (Phi) is 7.48. The largest absolute Gasteiger partial charge is 0.478 e. The second kappa shape index (κ2) is 8.29. The Bertz CT molecular complexity index is 388. The fourth-order valence-corrected chi connectivity index (χ4v) is 1.37. The second-order valence-corrected chi connectivity index (χ2v) is 4.53. The molecule has 3 amide bonds. The van der Waals surface area contributed by atoms with Crippen molar-refractivity contribution in [3.8, 4) is 0 Å².